The largest absolute Gasteiger partial charge is 0.346 e. The number of rotatable bonds is 7. The van der Waals surface area contributed by atoms with E-state index in [0.717, 1.165) is 17.5 Å². The molecular formula is C20H22N4O3. The number of benzene rings is 2. The Bertz CT molecular complexity index is 934. The van der Waals surface area contributed by atoms with Crippen molar-refractivity contribution in [1.29, 1.82) is 0 Å². The topological polar surface area (TPSA) is 101 Å². The van der Waals surface area contributed by atoms with Gasteiger partial charge in [0.1, 0.15) is 5.82 Å². The number of carbonyl (C=O) groups is 1. The lowest BCUT2D eigenvalue weighted by atomic mass is 9.98. The summed E-state index contributed by atoms with van der Waals surface area (Å²) in [6.45, 7) is 4.09. The Morgan fingerprint density at radius 2 is 1.93 bits per heavy atom. The molecule has 2 unspecified atom stereocenters. The minimum Gasteiger partial charge on any atom is -0.346 e. The molecule has 0 radical (unpaired) electrons. The summed E-state index contributed by atoms with van der Waals surface area (Å²) in [7, 11) is 0. The van der Waals surface area contributed by atoms with Crippen molar-refractivity contribution < 1.29 is 9.72 Å². The summed E-state index contributed by atoms with van der Waals surface area (Å²) in [5, 5.41) is 14.2. The molecule has 0 spiro atoms. The summed E-state index contributed by atoms with van der Waals surface area (Å²) in [6, 6.07) is 13.7. The zero-order chi connectivity index (χ0) is 19.4. The maximum absolute atomic E-state index is 12.6. The number of amides is 1. The number of nitro groups is 1. The van der Waals surface area contributed by atoms with Gasteiger partial charge >= 0.3 is 0 Å². The van der Waals surface area contributed by atoms with Crippen molar-refractivity contribution in [2.24, 2.45) is 5.92 Å². The Kier molecular flexibility index (Phi) is 5.49. The van der Waals surface area contributed by atoms with Gasteiger partial charge in [-0.15, -0.1) is 0 Å². The molecule has 3 rings (SSSR count). The molecule has 2 atom stereocenters. The van der Waals surface area contributed by atoms with Crippen molar-refractivity contribution in [3.8, 4) is 0 Å². The molecule has 7 nitrogen and oxygen atoms in total. The number of H-pyrrole nitrogens is 1. The highest BCUT2D eigenvalue weighted by Gasteiger charge is 2.25. The molecule has 0 aliphatic heterocycles. The van der Waals surface area contributed by atoms with Gasteiger partial charge in [-0.25, -0.2) is 4.98 Å². The van der Waals surface area contributed by atoms with E-state index in [0.29, 0.717) is 11.4 Å². The Balaban J connectivity index is 1.82. The second-order valence-electron chi connectivity index (χ2n) is 6.63. The molecule has 0 bridgehead atoms. The Morgan fingerprint density at radius 1 is 1.22 bits per heavy atom. The van der Waals surface area contributed by atoms with Gasteiger partial charge in [0.2, 0.25) is 5.91 Å². The van der Waals surface area contributed by atoms with Crippen molar-refractivity contribution in [2.75, 3.05) is 0 Å². The molecule has 7 heteroatoms. The SMILES string of the molecule is CCC(C)C(NC(=O)Cc1ccccc1[N+](=O)[O-])c1nc2ccccc2[nH]1. The van der Waals surface area contributed by atoms with Crippen LogP contribution in [0.4, 0.5) is 5.69 Å². The Morgan fingerprint density at radius 3 is 2.63 bits per heavy atom. The number of imidazole rings is 1. The average Bonchev–Trinajstić information content (AvgIpc) is 3.09. The quantitative estimate of drug-likeness (QED) is 0.489. The summed E-state index contributed by atoms with van der Waals surface area (Å²) in [4.78, 5) is 31.2. The van der Waals surface area contributed by atoms with Crippen LogP contribution in [0.3, 0.4) is 0 Å². The van der Waals surface area contributed by atoms with Crippen LogP contribution in [0.25, 0.3) is 11.0 Å². The number of hydrogen-bond donors (Lipinski definition) is 2. The number of nitro benzene ring substituents is 1. The van der Waals surface area contributed by atoms with E-state index in [1.807, 2.05) is 31.2 Å². The van der Waals surface area contributed by atoms with Gasteiger partial charge in [0.25, 0.3) is 5.69 Å². The standard InChI is InChI=1S/C20H22N4O3/c1-3-13(2)19(20-21-15-9-5-6-10-16(15)22-20)23-18(25)12-14-8-4-7-11-17(14)24(26)27/h4-11,13,19H,3,12H2,1-2H3,(H,21,22)(H,23,25). The van der Waals surface area contributed by atoms with E-state index in [2.05, 4.69) is 22.2 Å². The smallest absolute Gasteiger partial charge is 0.273 e. The van der Waals surface area contributed by atoms with Crippen LogP contribution in [0.15, 0.2) is 48.5 Å². The normalized spacial score (nSPS) is 13.3. The van der Waals surface area contributed by atoms with E-state index < -0.39 is 4.92 Å². The summed E-state index contributed by atoms with van der Waals surface area (Å²) < 4.78 is 0. The average molecular weight is 366 g/mol. The summed E-state index contributed by atoms with van der Waals surface area (Å²) >= 11 is 0. The predicted octanol–water partition coefficient (Wildman–Crippen LogP) is 3.92. The lowest BCUT2D eigenvalue weighted by molar-refractivity contribution is -0.385. The van der Waals surface area contributed by atoms with Gasteiger partial charge < -0.3 is 10.3 Å². The maximum atomic E-state index is 12.6. The third kappa shape index (κ3) is 4.13. The zero-order valence-corrected chi connectivity index (χ0v) is 15.3. The Hall–Kier alpha value is -3.22. The first kappa shape index (κ1) is 18.6. The third-order valence-corrected chi connectivity index (χ3v) is 4.77. The van der Waals surface area contributed by atoms with Crippen molar-refractivity contribution in [3.05, 3.63) is 70.0 Å². The minimum absolute atomic E-state index is 0.0449. The van der Waals surface area contributed by atoms with Crippen LogP contribution in [0.2, 0.25) is 0 Å². The van der Waals surface area contributed by atoms with Crippen LogP contribution in [0, 0.1) is 16.0 Å². The first-order chi connectivity index (χ1) is 13.0. The van der Waals surface area contributed by atoms with Gasteiger partial charge in [-0.2, -0.15) is 0 Å². The molecule has 0 aliphatic carbocycles. The van der Waals surface area contributed by atoms with Gasteiger partial charge in [-0.05, 0) is 18.1 Å². The first-order valence-electron chi connectivity index (χ1n) is 8.96. The van der Waals surface area contributed by atoms with Gasteiger partial charge in [0.05, 0.1) is 28.4 Å². The molecule has 2 aromatic carbocycles. The summed E-state index contributed by atoms with van der Waals surface area (Å²) in [5.74, 6) is 0.580. The van der Waals surface area contributed by atoms with Gasteiger partial charge in [-0.1, -0.05) is 50.6 Å². The molecule has 140 valence electrons. The number of nitrogens with one attached hydrogen (secondary N) is 2. The number of carbonyl (C=O) groups excluding carboxylic acids is 1. The molecule has 1 amide bonds. The minimum atomic E-state index is -0.464. The molecule has 27 heavy (non-hydrogen) atoms. The maximum Gasteiger partial charge on any atom is 0.273 e. The highest BCUT2D eigenvalue weighted by atomic mass is 16.6. The number of fused-ring (bicyclic) bond motifs is 1. The fourth-order valence-corrected chi connectivity index (χ4v) is 3.07. The number of para-hydroxylation sites is 3. The number of nitrogens with zero attached hydrogens (tertiary/aromatic N) is 2. The number of aromatic amines is 1. The van der Waals surface area contributed by atoms with E-state index in [1.54, 1.807) is 18.2 Å². The molecule has 0 aliphatic rings. The second-order valence-corrected chi connectivity index (χ2v) is 6.63. The molecular weight excluding hydrogens is 344 g/mol. The van der Waals surface area contributed by atoms with Gasteiger partial charge in [0, 0.05) is 11.6 Å². The third-order valence-electron chi connectivity index (χ3n) is 4.77. The molecule has 2 N–H and O–H groups in total. The lowest BCUT2D eigenvalue weighted by Gasteiger charge is -2.22. The number of aromatic nitrogens is 2. The molecule has 0 saturated carbocycles. The van der Waals surface area contributed by atoms with Crippen molar-refractivity contribution in [1.82, 2.24) is 15.3 Å². The monoisotopic (exact) mass is 366 g/mol. The van der Waals surface area contributed by atoms with E-state index in [4.69, 9.17) is 0 Å². The van der Waals surface area contributed by atoms with Crippen LogP contribution in [0.5, 0.6) is 0 Å². The van der Waals surface area contributed by atoms with Crippen LogP contribution in [-0.2, 0) is 11.2 Å². The fourth-order valence-electron chi connectivity index (χ4n) is 3.07. The fraction of sp³-hybridized carbons (Fsp3) is 0.300. The summed E-state index contributed by atoms with van der Waals surface area (Å²) in [6.07, 6.45) is 0.803. The molecule has 0 saturated heterocycles. The van der Waals surface area contributed by atoms with Crippen molar-refractivity contribution in [2.45, 2.75) is 32.7 Å². The number of hydrogen-bond acceptors (Lipinski definition) is 4. The summed E-state index contributed by atoms with van der Waals surface area (Å²) in [5.41, 5.74) is 2.10. The van der Waals surface area contributed by atoms with Gasteiger partial charge in [-0.3, -0.25) is 14.9 Å². The molecule has 1 aromatic heterocycles. The van der Waals surface area contributed by atoms with E-state index >= 15 is 0 Å². The molecule has 1 heterocycles. The highest BCUT2D eigenvalue weighted by molar-refractivity contribution is 5.80. The van der Waals surface area contributed by atoms with E-state index in [1.165, 1.54) is 6.07 Å². The zero-order valence-electron chi connectivity index (χ0n) is 15.3. The van der Waals surface area contributed by atoms with Crippen molar-refractivity contribution in [3.63, 3.8) is 0 Å². The van der Waals surface area contributed by atoms with E-state index in [9.17, 15) is 14.9 Å². The van der Waals surface area contributed by atoms with Crippen LogP contribution in [0.1, 0.15) is 37.7 Å². The molecule has 3 aromatic rings. The lowest BCUT2D eigenvalue weighted by Crippen LogP contribution is -2.34. The first-order valence-corrected chi connectivity index (χ1v) is 8.96. The second kappa shape index (κ2) is 7.99. The molecule has 0 fully saturated rings. The Labute approximate surface area is 157 Å². The van der Waals surface area contributed by atoms with E-state index in [-0.39, 0.29) is 30.0 Å². The van der Waals surface area contributed by atoms with Crippen LogP contribution in [-0.4, -0.2) is 20.8 Å². The van der Waals surface area contributed by atoms with Crippen LogP contribution >= 0.6 is 0 Å². The highest BCUT2D eigenvalue weighted by Crippen LogP contribution is 2.25. The van der Waals surface area contributed by atoms with Crippen LogP contribution < -0.4 is 5.32 Å². The van der Waals surface area contributed by atoms with Crippen molar-refractivity contribution >= 4 is 22.6 Å². The van der Waals surface area contributed by atoms with Gasteiger partial charge in [0.15, 0.2) is 0 Å². The predicted molar refractivity (Wildman–Crippen MR) is 103 cm³/mol.